The summed E-state index contributed by atoms with van der Waals surface area (Å²) in [4.78, 5) is 31.9. The lowest BCUT2D eigenvalue weighted by Crippen LogP contribution is -2.29. The molecule has 8 heteroatoms. The highest BCUT2D eigenvalue weighted by Gasteiger charge is 2.35. The van der Waals surface area contributed by atoms with Gasteiger partial charge in [-0.1, -0.05) is 18.2 Å². The van der Waals surface area contributed by atoms with Gasteiger partial charge in [0.1, 0.15) is 11.2 Å². The zero-order valence-electron chi connectivity index (χ0n) is 17.4. The highest BCUT2D eigenvalue weighted by molar-refractivity contribution is 8.00. The van der Waals surface area contributed by atoms with E-state index in [1.54, 1.807) is 55.1 Å². The van der Waals surface area contributed by atoms with E-state index >= 15 is 0 Å². The van der Waals surface area contributed by atoms with Crippen LogP contribution in [0.3, 0.4) is 0 Å². The van der Waals surface area contributed by atoms with Crippen LogP contribution in [0.15, 0.2) is 60.7 Å². The second kappa shape index (κ2) is 9.00. The molecule has 1 heterocycles. The van der Waals surface area contributed by atoms with Crippen LogP contribution in [0.4, 0.5) is 14.5 Å². The van der Waals surface area contributed by atoms with Gasteiger partial charge in [0.25, 0.3) is 5.91 Å². The van der Waals surface area contributed by atoms with Crippen LogP contribution >= 0.6 is 11.8 Å². The number of anilines is 1. The third kappa shape index (κ3) is 4.45. The van der Waals surface area contributed by atoms with E-state index < -0.39 is 11.7 Å². The molecule has 3 aromatic rings. The number of nitrogens with zero attached hydrogens (tertiary/aromatic N) is 1. The third-order valence-electron chi connectivity index (χ3n) is 5.08. The molecule has 3 aromatic carbocycles. The number of carbonyl (C=O) groups excluding carboxylic acids is 2. The fraction of sp³-hybridized carbons (Fsp3) is 0.167. The molecule has 32 heavy (non-hydrogen) atoms. The quantitative estimate of drug-likeness (QED) is 0.546. The van der Waals surface area contributed by atoms with Crippen LogP contribution < -0.4 is 15.2 Å². The van der Waals surface area contributed by atoms with Crippen LogP contribution in [0, 0.1) is 25.5 Å². The lowest BCUT2D eigenvalue weighted by molar-refractivity contribution is -0.115. The van der Waals surface area contributed by atoms with Gasteiger partial charge < -0.3 is 4.84 Å². The monoisotopic (exact) mass is 454 g/mol. The second-order valence-corrected chi connectivity index (χ2v) is 8.52. The first-order valence-electron chi connectivity index (χ1n) is 9.86. The van der Waals surface area contributed by atoms with Gasteiger partial charge in [-0.3, -0.25) is 14.5 Å². The summed E-state index contributed by atoms with van der Waals surface area (Å²) >= 11 is 1.46. The van der Waals surface area contributed by atoms with E-state index in [9.17, 15) is 18.4 Å². The van der Waals surface area contributed by atoms with Crippen LogP contribution in [0.2, 0.25) is 0 Å². The molecular formula is C24H20F2N2O3S. The molecule has 5 nitrogen and oxygen atoms in total. The van der Waals surface area contributed by atoms with Gasteiger partial charge in [-0.05, 0) is 73.0 Å². The molecule has 0 bridgehead atoms. The van der Waals surface area contributed by atoms with Crippen LogP contribution in [-0.2, 0) is 4.79 Å². The lowest BCUT2D eigenvalue weighted by Gasteiger charge is -2.26. The molecule has 1 atom stereocenters. The highest BCUT2D eigenvalue weighted by atomic mass is 32.2. The number of hydrogen-bond acceptors (Lipinski definition) is 4. The first-order chi connectivity index (χ1) is 15.3. The Morgan fingerprint density at radius 1 is 1.06 bits per heavy atom. The van der Waals surface area contributed by atoms with E-state index in [0.717, 1.165) is 11.1 Å². The Morgan fingerprint density at radius 2 is 1.81 bits per heavy atom. The van der Waals surface area contributed by atoms with E-state index in [-0.39, 0.29) is 22.8 Å². The Bertz CT molecular complexity index is 1180. The molecule has 4 rings (SSSR count). The molecule has 1 fully saturated rings. The molecule has 164 valence electrons. The standard InChI is InChI=1S/C24H20F2N2O3S/c1-14-3-10-21(19(26)11-14)31-27-23(30)17-6-9-20(15(2)12-17)28-22(29)13-32-24(28)16-4-7-18(25)8-5-16/h3-12,24H,13H2,1-2H3,(H,27,30). The molecule has 1 unspecified atom stereocenters. The molecule has 0 radical (unpaired) electrons. The van der Waals surface area contributed by atoms with Gasteiger partial charge in [0.15, 0.2) is 11.6 Å². The third-order valence-corrected chi connectivity index (χ3v) is 6.29. The van der Waals surface area contributed by atoms with Gasteiger partial charge in [0.2, 0.25) is 5.91 Å². The van der Waals surface area contributed by atoms with Crippen molar-refractivity contribution in [2.45, 2.75) is 19.2 Å². The summed E-state index contributed by atoms with van der Waals surface area (Å²) in [6.07, 6.45) is 0. The van der Waals surface area contributed by atoms with Crippen LogP contribution in [0.25, 0.3) is 0 Å². The minimum Gasteiger partial charge on any atom is -0.376 e. The van der Waals surface area contributed by atoms with Crippen molar-refractivity contribution in [2.24, 2.45) is 0 Å². The molecule has 1 saturated heterocycles. The Hall–Kier alpha value is -3.39. The number of halogens is 2. The summed E-state index contributed by atoms with van der Waals surface area (Å²) < 4.78 is 27.2. The van der Waals surface area contributed by atoms with Crippen LogP contribution in [-0.4, -0.2) is 17.6 Å². The molecule has 1 aliphatic heterocycles. The fourth-order valence-electron chi connectivity index (χ4n) is 3.47. The van der Waals surface area contributed by atoms with Gasteiger partial charge in [-0.15, -0.1) is 11.8 Å². The van der Waals surface area contributed by atoms with E-state index in [0.29, 0.717) is 22.6 Å². The van der Waals surface area contributed by atoms with E-state index in [1.807, 2.05) is 0 Å². The summed E-state index contributed by atoms with van der Waals surface area (Å²) in [5, 5.41) is -0.283. The van der Waals surface area contributed by atoms with Crippen LogP contribution in [0.5, 0.6) is 5.75 Å². The maximum atomic E-state index is 13.9. The molecule has 2 amide bonds. The zero-order chi connectivity index (χ0) is 22.8. The molecule has 0 aliphatic carbocycles. The smallest absolute Gasteiger partial charge is 0.283 e. The molecule has 1 N–H and O–H groups in total. The Kier molecular flexibility index (Phi) is 6.14. The molecule has 0 aromatic heterocycles. The second-order valence-electron chi connectivity index (χ2n) is 7.45. The van der Waals surface area contributed by atoms with Crippen molar-refractivity contribution >= 4 is 29.3 Å². The fourth-order valence-corrected chi connectivity index (χ4v) is 4.64. The SMILES string of the molecule is Cc1ccc(ONC(=O)c2ccc(N3C(=O)CSC3c3ccc(F)cc3)c(C)c2)c(F)c1. The average molecular weight is 454 g/mol. The number of carbonyl (C=O) groups is 2. The Balaban J connectivity index is 1.52. The van der Waals surface area contributed by atoms with Crippen molar-refractivity contribution in [1.82, 2.24) is 5.48 Å². The summed E-state index contributed by atoms with van der Waals surface area (Å²) in [6, 6.07) is 15.4. The van der Waals surface area contributed by atoms with Crippen molar-refractivity contribution in [2.75, 3.05) is 10.7 Å². The first-order valence-corrected chi connectivity index (χ1v) is 10.9. The number of nitrogens with one attached hydrogen (secondary N) is 1. The van der Waals surface area contributed by atoms with Crippen molar-refractivity contribution in [3.8, 4) is 5.75 Å². The number of hydrogen-bond donors (Lipinski definition) is 1. The maximum Gasteiger partial charge on any atom is 0.283 e. The normalized spacial score (nSPS) is 15.7. The maximum absolute atomic E-state index is 13.9. The Morgan fingerprint density at radius 3 is 2.50 bits per heavy atom. The number of hydroxylamine groups is 1. The average Bonchev–Trinajstić information content (AvgIpc) is 3.14. The minimum absolute atomic E-state index is 0.0668. The molecular weight excluding hydrogens is 434 g/mol. The summed E-state index contributed by atoms with van der Waals surface area (Å²) in [5.41, 5.74) is 5.47. The number of amides is 2. The van der Waals surface area contributed by atoms with Crippen molar-refractivity contribution in [1.29, 1.82) is 0 Å². The zero-order valence-corrected chi connectivity index (χ0v) is 18.2. The summed E-state index contributed by atoms with van der Waals surface area (Å²) in [5.74, 6) is -1.30. The molecule has 0 saturated carbocycles. The van der Waals surface area contributed by atoms with Crippen molar-refractivity contribution in [3.05, 3.63) is 94.6 Å². The first kappa shape index (κ1) is 21.8. The molecule has 0 spiro atoms. The molecule has 1 aliphatic rings. The Labute approximate surface area is 188 Å². The van der Waals surface area contributed by atoms with Crippen molar-refractivity contribution < 1.29 is 23.2 Å². The number of aryl methyl sites for hydroxylation is 2. The predicted molar refractivity (Wildman–Crippen MR) is 119 cm³/mol. The van der Waals surface area contributed by atoms with Gasteiger partial charge in [0.05, 0.1) is 5.75 Å². The van der Waals surface area contributed by atoms with E-state index in [4.69, 9.17) is 4.84 Å². The van der Waals surface area contributed by atoms with Gasteiger partial charge in [0, 0.05) is 11.3 Å². The van der Waals surface area contributed by atoms with Gasteiger partial charge in [-0.2, -0.15) is 5.48 Å². The topological polar surface area (TPSA) is 58.6 Å². The summed E-state index contributed by atoms with van der Waals surface area (Å²) in [6.45, 7) is 3.55. The lowest BCUT2D eigenvalue weighted by atomic mass is 10.1. The minimum atomic E-state index is -0.575. The van der Waals surface area contributed by atoms with E-state index in [1.165, 1.54) is 36.0 Å². The van der Waals surface area contributed by atoms with Gasteiger partial charge in [-0.25, -0.2) is 8.78 Å². The largest absolute Gasteiger partial charge is 0.376 e. The number of benzene rings is 3. The van der Waals surface area contributed by atoms with Gasteiger partial charge >= 0.3 is 0 Å². The number of thioether (sulfide) groups is 1. The number of rotatable bonds is 5. The summed E-state index contributed by atoms with van der Waals surface area (Å²) in [7, 11) is 0. The van der Waals surface area contributed by atoms with E-state index in [2.05, 4.69) is 5.48 Å². The predicted octanol–water partition coefficient (Wildman–Crippen LogP) is 5.08. The highest BCUT2D eigenvalue weighted by Crippen LogP contribution is 2.42. The van der Waals surface area contributed by atoms with Crippen molar-refractivity contribution in [3.63, 3.8) is 0 Å². The van der Waals surface area contributed by atoms with Crippen LogP contribution in [0.1, 0.15) is 32.4 Å².